The fourth-order valence-electron chi connectivity index (χ4n) is 1.71. The highest BCUT2D eigenvalue weighted by Crippen LogP contribution is 2.26. The molecule has 17 heavy (non-hydrogen) atoms. The van der Waals surface area contributed by atoms with Gasteiger partial charge in [-0.05, 0) is 35.9 Å². The van der Waals surface area contributed by atoms with E-state index in [1.54, 1.807) is 30.5 Å². The first-order valence-electron chi connectivity index (χ1n) is 5.02. The second-order valence-corrected chi connectivity index (χ2v) is 3.96. The van der Waals surface area contributed by atoms with Crippen molar-refractivity contribution in [1.82, 2.24) is 10.3 Å². The van der Waals surface area contributed by atoms with Gasteiger partial charge < -0.3 is 15.1 Å². The van der Waals surface area contributed by atoms with Crippen molar-refractivity contribution in [3.8, 4) is 0 Å². The molecule has 0 unspecified atom stereocenters. The summed E-state index contributed by atoms with van der Waals surface area (Å²) in [4.78, 5) is 15.9. The van der Waals surface area contributed by atoms with Crippen molar-refractivity contribution in [3.05, 3.63) is 47.0 Å². The van der Waals surface area contributed by atoms with E-state index in [-0.39, 0.29) is 11.1 Å². The predicted molar refractivity (Wildman–Crippen MR) is 61.8 cm³/mol. The van der Waals surface area contributed by atoms with Gasteiger partial charge in [-0.25, -0.2) is 4.98 Å². The van der Waals surface area contributed by atoms with Crippen molar-refractivity contribution in [2.75, 3.05) is 5.32 Å². The minimum Gasteiger partial charge on any atom is -0.445 e. The van der Waals surface area contributed by atoms with Gasteiger partial charge in [-0.3, -0.25) is 4.79 Å². The molecule has 1 atom stereocenters. The molecular formula is C11H8ClN3O2. The van der Waals surface area contributed by atoms with Gasteiger partial charge in [0.2, 0.25) is 0 Å². The van der Waals surface area contributed by atoms with E-state index in [0.717, 1.165) is 0 Å². The molecule has 86 valence electrons. The molecule has 1 aliphatic rings. The number of rotatable bonds is 1. The molecule has 0 spiro atoms. The topological polar surface area (TPSA) is 67.2 Å². The zero-order chi connectivity index (χ0) is 11.8. The number of hydrogen-bond donors (Lipinski definition) is 2. The Labute approximate surface area is 102 Å². The summed E-state index contributed by atoms with van der Waals surface area (Å²) in [5, 5.41) is 6.10. The van der Waals surface area contributed by atoms with Gasteiger partial charge in [0, 0.05) is 6.20 Å². The normalized spacial score (nSPS) is 18.2. The number of carbonyl (C=O) groups excluding carboxylic acids is 1. The Balaban J connectivity index is 1.96. The highest BCUT2D eigenvalue weighted by molar-refractivity contribution is 6.28. The molecule has 2 aromatic rings. The summed E-state index contributed by atoms with van der Waals surface area (Å²) in [7, 11) is 0. The van der Waals surface area contributed by atoms with Crippen LogP contribution in [-0.4, -0.2) is 10.9 Å². The van der Waals surface area contributed by atoms with Gasteiger partial charge in [0.1, 0.15) is 11.6 Å². The lowest BCUT2D eigenvalue weighted by molar-refractivity contribution is 0.0930. The second kappa shape index (κ2) is 3.78. The summed E-state index contributed by atoms with van der Waals surface area (Å²) in [6, 6.07) is 6.74. The first kappa shape index (κ1) is 10.2. The third-order valence-corrected chi connectivity index (χ3v) is 2.69. The SMILES string of the molecule is O=C1N[C@H](c2ccc(Cl)o2)Nc2ncccc21. The van der Waals surface area contributed by atoms with Crippen LogP contribution in [0.15, 0.2) is 34.9 Å². The average molecular weight is 250 g/mol. The van der Waals surface area contributed by atoms with Crippen molar-refractivity contribution in [1.29, 1.82) is 0 Å². The molecule has 0 saturated carbocycles. The van der Waals surface area contributed by atoms with Crippen molar-refractivity contribution in [2.24, 2.45) is 0 Å². The van der Waals surface area contributed by atoms with E-state index < -0.39 is 6.17 Å². The first-order chi connectivity index (χ1) is 8.24. The van der Waals surface area contributed by atoms with Gasteiger partial charge in [-0.2, -0.15) is 0 Å². The lowest BCUT2D eigenvalue weighted by atomic mass is 10.2. The summed E-state index contributed by atoms with van der Waals surface area (Å²) >= 11 is 5.69. The molecule has 0 bridgehead atoms. The van der Waals surface area contributed by atoms with Gasteiger partial charge in [0.15, 0.2) is 11.4 Å². The third-order valence-electron chi connectivity index (χ3n) is 2.49. The third kappa shape index (κ3) is 1.74. The summed E-state index contributed by atoms with van der Waals surface area (Å²) in [5.41, 5.74) is 0.515. The van der Waals surface area contributed by atoms with E-state index in [0.29, 0.717) is 17.1 Å². The number of aromatic nitrogens is 1. The molecule has 1 amide bonds. The minimum absolute atomic E-state index is 0.190. The number of nitrogens with one attached hydrogen (secondary N) is 2. The van der Waals surface area contributed by atoms with E-state index >= 15 is 0 Å². The molecule has 3 heterocycles. The van der Waals surface area contributed by atoms with E-state index in [2.05, 4.69) is 15.6 Å². The van der Waals surface area contributed by atoms with Gasteiger partial charge in [0.05, 0.1) is 5.56 Å². The van der Waals surface area contributed by atoms with Crippen LogP contribution in [0.2, 0.25) is 5.22 Å². The van der Waals surface area contributed by atoms with Crippen LogP contribution < -0.4 is 10.6 Å². The summed E-state index contributed by atoms with van der Waals surface area (Å²) in [5.74, 6) is 0.887. The van der Waals surface area contributed by atoms with Crippen molar-refractivity contribution in [2.45, 2.75) is 6.17 Å². The van der Waals surface area contributed by atoms with Crippen molar-refractivity contribution in [3.63, 3.8) is 0 Å². The number of anilines is 1. The van der Waals surface area contributed by atoms with Crippen LogP contribution in [0.1, 0.15) is 22.3 Å². The maximum Gasteiger partial charge on any atom is 0.256 e. The number of fused-ring (bicyclic) bond motifs is 1. The zero-order valence-electron chi connectivity index (χ0n) is 8.61. The Hall–Kier alpha value is -2.01. The number of nitrogens with zero attached hydrogens (tertiary/aromatic N) is 1. The smallest absolute Gasteiger partial charge is 0.256 e. The highest BCUT2D eigenvalue weighted by Gasteiger charge is 2.27. The Morgan fingerprint density at radius 2 is 2.18 bits per heavy atom. The monoisotopic (exact) mass is 249 g/mol. The van der Waals surface area contributed by atoms with Gasteiger partial charge in [-0.1, -0.05) is 0 Å². The van der Waals surface area contributed by atoms with Crippen LogP contribution in [0.4, 0.5) is 5.82 Å². The molecule has 3 rings (SSSR count). The minimum atomic E-state index is -0.447. The fourth-order valence-corrected chi connectivity index (χ4v) is 1.86. The summed E-state index contributed by atoms with van der Waals surface area (Å²) in [6.07, 6.45) is 1.17. The largest absolute Gasteiger partial charge is 0.445 e. The van der Waals surface area contributed by atoms with Crippen LogP contribution in [0.5, 0.6) is 0 Å². The number of halogens is 1. The molecule has 6 heteroatoms. The molecule has 2 N–H and O–H groups in total. The number of carbonyl (C=O) groups is 1. The molecule has 5 nitrogen and oxygen atoms in total. The molecule has 0 aliphatic carbocycles. The second-order valence-electron chi connectivity index (χ2n) is 3.59. The van der Waals surface area contributed by atoms with Crippen LogP contribution in [0.3, 0.4) is 0 Å². The Kier molecular flexibility index (Phi) is 2.26. The van der Waals surface area contributed by atoms with E-state index in [1.807, 2.05) is 0 Å². The van der Waals surface area contributed by atoms with Crippen LogP contribution >= 0.6 is 11.6 Å². The lowest BCUT2D eigenvalue weighted by Crippen LogP contribution is -2.38. The molecule has 0 fully saturated rings. The molecule has 0 aromatic carbocycles. The standard InChI is InChI=1S/C11H8ClN3O2/c12-8-4-3-7(17-8)10-14-9-6(11(16)15-10)2-1-5-13-9/h1-5,10H,(H,13,14)(H,15,16)/t10-/m1/s1. The van der Waals surface area contributed by atoms with Crippen molar-refractivity contribution < 1.29 is 9.21 Å². The highest BCUT2D eigenvalue weighted by atomic mass is 35.5. The summed E-state index contributed by atoms with van der Waals surface area (Å²) in [6.45, 7) is 0. The molecule has 1 aliphatic heterocycles. The molecular weight excluding hydrogens is 242 g/mol. The van der Waals surface area contributed by atoms with Gasteiger partial charge in [-0.15, -0.1) is 0 Å². The van der Waals surface area contributed by atoms with Crippen LogP contribution in [-0.2, 0) is 0 Å². The number of hydrogen-bond acceptors (Lipinski definition) is 4. The number of furan rings is 1. The van der Waals surface area contributed by atoms with E-state index in [1.165, 1.54) is 0 Å². The van der Waals surface area contributed by atoms with Gasteiger partial charge in [0.25, 0.3) is 5.91 Å². The van der Waals surface area contributed by atoms with Crippen molar-refractivity contribution >= 4 is 23.3 Å². The fraction of sp³-hybridized carbons (Fsp3) is 0.0909. The first-order valence-corrected chi connectivity index (χ1v) is 5.39. The Bertz CT molecular complexity index is 582. The number of amides is 1. The van der Waals surface area contributed by atoms with E-state index in [9.17, 15) is 4.79 Å². The Morgan fingerprint density at radius 3 is 2.94 bits per heavy atom. The number of pyridine rings is 1. The quantitative estimate of drug-likeness (QED) is 0.813. The van der Waals surface area contributed by atoms with Crippen LogP contribution in [0.25, 0.3) is 0 Å². The predicted octanol–water partition coefficient (Wildman–Crippen LogP) is 2.18. The zero-order valence-corrected chi connectivity index (χ0v) is 9.36. The molecule has 0 saturated heterocycles. The molecule has 0 radical (unpaired) electrons. The van der Waals surface area contributed by atoms with E-state index in [4.69, 9.17) is 16.0 Å². The lowest BCUT2D eigenvalue weighted by Gasteiger charge is -2.25. The maximum absolute atomic E-state index is 11.8. The summed E-state index contributed by atoms with van der Waals surface area (Å²) < 4.78 is 5.25. The maximum atomic E-state index is 11.8. The Morgan fingerprint density at radius 1 is 1.29 bits per heavy atom. The van der Waals surface area contributed by atoms with Gasteiger partial charge >= 0.3 is 0 Å². The molecule has 2 aromatic heterocycles. The van der Waals surface area contributed by atoms with Crippen LogP contribution in [0, 0.1) is 0 Å². The average Bonchev–Trinajstić information content (AvgIpc) is 2.76.